The molecule has 3 aromatic carbocycles. The summed E-state index contributed by atoms with van der Waals surface area (Å²) in [5.41, 5.74) is 5.30. The maximum Gasteiger partial charge on any atom is 0.353 e. The molecule has 0 amide bonds. The average Bonchev–Trinajstić information content (AvgIpc) is 3.56. The van der Waals surface area contributed by atoms with Gasteiger partial charge in [-0.25, -0.2) is 19.0 Å². The molecule has 5 rings (SSSR count). The summed E-state index contributed by atoms with van der Waals surface area (Å²) in [4.78, 5) is 22.7. The van der Waals surface area contributed by atoms with Crippen LogP contribution in [0.2, 0.25) is 0 Å². The lowest BCUT2D eigenvalue weighted by molar-refractivity contribution is 0.127. The third-order valence-electron chi connectivity index (χ3n) is 6.35. The number of methoxy groups -OCH3 is 1. The Bertz CT molecular complexity index is 1750. The summed E-state index contributed by atoms with van der Waals surface area (Å²) in [5.74, 6) is 1.21. The number of benzene rings is 3. The lowest BCUT2D eigenvalue weighted by Crippen LogP contribution is -2.22. The summed E-state index contributed by atoms with van der Waals surface area (Å²) < 4.78 is 20.6. The van der Waals surface area contributed by atoms with Gasteiger partial charge in [0.15, 0.2) is 6.61 Å². The van der Waals surface area contributed by atoms with E-state index in [9.17, 15) is 4.79 Å². The molecule has 0 aliphatic carbocycles. The van der Waals surface area contributed by atoms with Gasteiger partial charge < -0.3 is 18.7 Å². The standard InChI is InChI=1S/C30H28BrN5O5/c1-19-15-25(39-16-22-7-5-6-8-27(22)36-29(38-4)33-35(3)30(36)37)13-14-26(19)20(2)34-41-18-24-17-40-28(32-24)21-9-11-23(31)12-10-21/h5-15,17H,16,18H2,1-4H3/b34-20+. The fraction of sp³-hybridized carbons (Fsp3) is 0.200. The summed E-state index contributed by atoms with van der Waals surface area (Å²) in [6, 6.07) is 21.2. The molecule has 5 aromatic rings. The number of aryl methyl sites for hydroxylation is 2. The predicted octanol–water partition coefficient (Wildman–Crippen LogP) is 5.83. The van der Waals surface area contributed by atoms with Crippen molar-refractivity contribution < 1.29 is 18.7 Å². The molecule has 0 fully saturated rings. The SMILES string of the molecule is COc1nn(C)c(=O)n1-c1ccccc1COc1ccc(/C(C)=N/OCc2coc(-c3ccc(Br)cc3)n2)c(C)c1. The van der Waals surface area contributed by atoms with Gasteiger partial charge in [0.25, 0.3) is 0 Å². The maximum atomic E-state index is 12.7. The number of ether oxygens (including phenoxy) is 2. The van der Waals surface area contributed by atoms with Crippen molar-refractivity contribution in [1.29, 1.82) is 0 Å². The van der Waals surface area contributed by atoms with Gasteiger partial charge in [-0.1, -0.05) is 39.3 Å². The minimum absolute atomic E-state index is 0.182. The van der Waals surface area contributed by atoms with Crippen LogP contribution in [-0.2, 0) is 25.1 Å². The third kappa shape index (κ3) is 6.25. The second-order valence-electron chi connectivity index (χ2n) is 9.22. The number of hydrogen-bond acceptors (Lipinski definition) is 8. The van der Waals surface area contributed by atoms with E-state index in [1.54, 1.807) is 13.3 Å². The van der Waals surface area contributed by atoms with Crippen LogP contribution >= 0.6 is 15.9 Å². The molecule has 210 valence electrons. The van der Waals surface area contributed by atoms with Crippen molar-refractivity contribution >= 4 is 21.6 Å². The van der Waals surface area contributed by atoms with Crippen LogP contribution in [0.15, 0.2) is 91.8 Å². The molecule has 0 atom stereocenters. The van der Waals surface area contributed by atoms with Crippen molar-refractivity contribution in [3.63, 3.8) is 0 Å². The van der Waals surface area contributed by atoms with Gasteiger partial charge in [0.2, 0.25) is 5.89 Å². The Labute approximate surface area is 244 Å². The summed E-state index contributed by atoms with van der Waals surface area (Å²) >= 11 is 3.42. The number of nitrogens with zero attached hydrogens (tertiary/aromatic N) is 5. The quantitative estimate of drug-likeness (QED) is 0.143. The molecule has 0 aliphatic rings. The van der Waals surface area contributed by atoms with Gasteiger partial charge in [0.1, 0.15) is 24.3 Å². The van der Waals surface area contributed by atoms with Crippen LogP contribution in [-0.4, -0.2) is 32.2 Å². The molecule has 0 aliphatic heterocycles. The number of rotatable bonds is 10. The number of hydrogen-bond donors (Lipinski definition) is 0. The monoisotopic (exact) mass is 617 g/mol. The second-order valence-corrected chi connectivity index (χ2v) is 10.1. The van der Waals surface area contributed by atoms with Crippen molar-refractivity contribution in [2.24, 2.45) is 12.2 Å². The van der Waals surface area contributed by atoms with E-state index in [0.717, 1.165) is 32.4 Å². The third-order valence-corrected chi connectivity index (χ3v) is 6.88. The minimum Gasteiger partial charge on any atom is -0.489 e. The van der Waals surface area contributed by atoms with Gasteiger partial charge in [-0.2, -0.15) is 0 Å². The van der Waals surface area contributed by atoms with Crippen LogP contribution in [0.4, 0.5) is 0 Å². The van der Waals surface area contributed by atoms with E-state index >= 15 is 0 Å². The molecule has 2 aromatic heterocycles. The van der Waals surface area contributed by atoms with Crippen LogP contribution in [0.1, 0.15) is 29.3 Å². The van der Waals surface area contributed by atoms with Crippen LogP contribution in [0.5, 0.6) is 11.8 Å². The Morgan fingerprint density at radius 3 is 2.61 bits per heavy atom. The topological polar surface area (TPSA) is 106 Å². The van der Waals surface area contributed by atoms with Crippen molar-refractivity contribution in [2.75, 3.05) is 7.11 Å². The highest BCUT2D eigenvalue weighted by atomic mass is 79.9. The molecule has 0 radical (unpaired) electrons. The van der Waals surface area contributed by atoms with Crippen molar-refractivity contribution in [3.8, 4) is 28.9 Å². The van der Waals surface area contributed by atoms with Crippen molar-refractivity contribution in [1.82, 2.24) is 19.3 Å². The number of aromatic nitrogens is 4. The number of halogens is 1. The lowest BCUT2D eigenvalue weighted by atomic mass is 10.0. The van der Waals surface area contributed by atoms with Gasteiger partial charge in [0, 0.05) is 28.2 Å². The summed E-state index contributed by atoms with van der Waals surface area (Å²) in [7, 11) is 3.06. The lowest BCUT2D eigenvalue weighted by Gasteiger charge is -2.13. The first-order valence-corrected chi connectivity index (χ1v) is 13.5. The highest BCUT2D eigenvalue weighted by Gasteiger charge is 2.17. The highest BCUT2D eigenvalue weighted by Crippen LogP contribution is 2.24. The molecule has 0 N–H and O–H groups in total. The first-order valence-electron chi connectivity index (χ1n) is 12.7. The smallest absolute Gasteiger partial charge is 0.353 e. The fourth-order valence-corrected chi connectivity index (χ4v) is 4.53. The number of oxazole rings is 1. The van der Waals surface area contributed by atoms with Crippen LogP contribution < -0.4 is 15.2 Å². The molecule has 0 saturated carbocycles. The van der Waals surface area contributed by atoms with Crippen LogP contribution in [0.3, 0.4) is 0 Å². The van der Waals surface area contributed by atoms with Gasteiger partial charge in [-0.15, -0.1) is 5.10 Å². The molecule has 0 spiro atoms. The van der Waals surface area contributed by atoms with Crippen LogP contribution in [0, 0.1) is 6.92 Å². The Kier molecular flexibility index (Phi) is 8.34. The van der Waals surface area contributed by atoms with Gasteiger partial charge in [0.05, 0.1) is 18.5 Å². The molecule has 11 heteroatoms. The summed E-state index contributed by atoms with van der Waals surface area (Å²) in [6.45, 7) is 4.29. The number of oxime groups is 1. The number of para-hydroxylation sites is 1. The fourth-order valence-electron chi connectivity index (χ4n) is 4.27. The van der Waals surface area contributed by atoms with E-state index in [4.69, 9.17) is 18.7 Å². The molecule has 2 heterocycles. The summed E-state index contributed by atoms with van der Waals surface area (Å²) in [5, 5.41) is 8.40. The zero-order valence-electron chi connectivity index (χ0n) is 23.0. The second kappa shape index (κ2) is 12.3. The minimum atomic E-state index is -0.305. The van der Waals surface area contributed by atoms with Crippen molar-refractivity contribution in [2.45, 2.75) is 27.1 Å². The van der Waals surface area contributed by atoms with E-state index in [0.29, 0.717) is 23.0 Å². The molecule has 0 bridgehead atoms. The Morgan fingerprint density at radius 2 is 1.85 bits per heavy atom. The molecular formula is C30H28BrN5O5. The molecular weight excluding hydrogens is 590 g/mol. The Hall–Kier alpha value is -4.64. The molecule has 0 unspecified atom stereocenters. The van der Waals surface area contributed by atoms with E-state index in [2.05, 4.69) is 31.2 Å². The zero-order valence-corrected chi connectivity index (χ0v) is 24.6. The van der Waals surface area contributed by atoms with E-state index in [1.807, 2.05) is 80.6 Å². The maximum absolute atomic E-state index is 12.7. The van der Waals surface area contributed by atoms with Crippen LogP contribution in [0.25, 0.3) is 17.1 Å². The van der Waals surface area contributed by atoms with E-state index in [-0.39, 0.29) is 24.9 Å². The molecule has 10 nitrogen and oxygen atoms in total. The normalized spacial score (nSPS) is 11.5. The molecule has 0 saturated heterocycles. The summed E-state index contributed by atoms with van der Waals surface area (Å²) in [6.07, 6.45) is 1.57. The first-order chi connectivity index (χ1) is 19.8. The van der Waals surface area contributed by atoms with Crippen molar-refractivity contribution in [3.05, 3.63) is 110 Å². The van der Waals surface area contributed by atoms with Gasteiger partial charge >= 0.3 is 11.7 Å². The first kappa shape index (κ1) is 27.9. The van der Waals surface area contributed by atoms with Gasteiger partial charge in [-0.3, -0.25) is 0 Å². The van der Waals surface area contributed by atoms with Gasteiger partial charge in [-0.05, 0) is 67.9 Å². The van der Waals surface area contributed by atoms with E-state index < -0.39 is 0 Å². The Morgan fingerprint density at radius 1 is 1.07 bits per heavy atom. The highest BCUT2D eigenvalue weighted by molar-refractivity contribution is 9.10. The Balaban J connectivity index is 1.23. The molecule has 41 heavy (non-hydrogen) atoms. The largest absolute Gasteiger partial charge is 0.489 e. The average molecular weight is 618 g/mol. The van der Waals surface area contributed by atoms with E-state index in [1.165, 1.54) is 16.4 Å². The predicted molar refractivity (Wildman–Crippen MR) is 158 cm³/mol. The zero-order chi connectivity index (χ0) is 28.9.